The number of methoxy groups -OCH3 is 2. The van der Waals surface area contributed by atoms with Crippen LogP contribution in [-0.4, -0.2) is 55.5 Å². The molecule has 6 heteroatoms. The van der Waals surface area contributed by atoms with Gasteiger partial charge in [0.2, 0.25) is 0 Å². The summed E-state index contributed by atoms with van der Waals surface area (Å²) in [6, 6.07) is 5.73. The third-order valence-electron chi connectivity index (χ3n) is 3.55. The quantitative estimate of drug-likeness (QED) is 0.819. The molecule has 1 aliphatic heterocycles. The molecule has 1 aromatic rings. The number of aliphatic carboxylic acids is 1. The van der Waals surface area contributed by atoms with Gasteiger partial charge in [-0.25, -0.2) is 4.79 Å². The number of likely N-dealkylation sites (tertiary alicyclic amines) is 1. The van der Waals surface area contributed by atoms with E-state index in [9.17, 15) is 4.79 Å². The second-order valence-electron chi connectivity index (χ2n) is 5.46. The zero-order valence-corrected chi connectivity index (χ0v) is 12.6. The summed E-state index contributed by atoms with van der Waals surface area (Å²) in [6.07, 6.45) is 0. The predicted octanol–water partition coefficient (Wildman–Crippen LogP) is 1.38. The minimum Gasteiger partial charge on any atom is -0.497 e. The van der Waals surface area contributed by atoms with Gasteiger partial charge in [0.25, 0.3) is 0 Å². The Kier molecular flexibility index (Phi) is 4.69. The molecule has 1 N–H and O–H groups in total. The molecule has 1 fully saturated rings. The van der Waals surface area contributed by atoms with Gasteiger partial charge in [0, 0.05) is 31.3 Å². The van der Waals surface area contributed by atoms with E-state index in [-0.39, 0.29) is 12.2 Å². The van der Waals surface area contributed by atoms with E-state index >= 15 is 0 Å². The lowest BCUT2D eigenvalue weighted by atomic mass is 9.95. The van der Waals surface area contributed by atoms with Crippen LogP contribution in [-0.2, 0) is 16.1 Å². The second kappa shape index (κ2) is 6.32. The fourth-order valence-corrected chi connectivity index (χ4v) is 2.56. The van der Waals surface area contributed by atoms with E-state index in [0.29, 0.717) is 13.1 Å². The summed E-state index contributed by atoms with van der Waals surface area (Å²) in [5.41, 5.74) is 0.691. The van der Waals surface area contributed by atoms with E-state index in [1.54, 1.807) is 14.2 Å². The summed E-state index contributed by atoms with van der Waals surface area (Å²) in [5.74, 6) is 0.606. The molecule has 116 valence electrons. The van der Waals surface area contributed by atoms with Gasteiger partial charge in [0.1, 0.15) is 18.1 Å². The average Bonchev–Trinajstić information content (AvgIpc) is 2.43. The minimum absolute atomic E-state index is 0.254. The summed E-state index contributed by atoms with van der Waals surface area (Å²) < 4.78 is 15.9. The van der Waals surface area contributed by atoms with Crippen molar-refractivity contribution in [3.05, 3.63) is 23.8 Å². The molecule has 0 atom stereocenters. The summed E-state index contributed by atoms with van der Waals surface area (Å²) in [4.78, 5) is 12.7. The number of carbonyl (C=O) groups is 1. The standard InChI is InChI=1S/C15H21NO5/c1-15(21-8-14(17)18)9-16(10-15)7-11-4-5-12(19-2)6-13(11)20-3/h4-6H,7-10H2,1-3H3,(H,17,18). The van der Waals surface area contributed by atoms with Gasteiger partial charge in [-0.1, -0.05) is 6.07 Å². The molecule has 21 heavy (non-hydrogen) atoms. The molecule has 0 bridgehead atoms. The molecule has 0 aromatic heterocycles. The number of ether oxygens (including phenoxy) is 3. The predicted molar refractivity (Wildman–Crippen MR) is 76.8 cm³/mol. The largest absolute Gasteiger partial charge is 0.497 e. The normalized spacial score (nSPS) is 17.1. The van der Waals surface area contributed by atoms with Crippen molar-refractivity contribution in [1.29, 1.82) is 0 Å². The Labute approximate surface area is 124 Å². The highest BCUT2D eigenvalue weighted by Gasteiger charge is 2.40. The van der Waals surface area contributed by atoms with Crippen LogP contribution in [0.5, 0.6) is 11.5 Å². The van der Waals surface area contributed by atoms with Crippen LogP contribution in [0.4, 0.5) is 0 Å². The Hall–Kier alpha value is -1.79. The van der Waals surface area contributed by atoms with Crippen LogP contribution < -0.4 is 9.47 Å². The van der Waals surface area contributed by atoms with E-state index in [2.05, 4.69) is 4.90 Å². The molecule has 2 rings (SSSR count). The lowest BCUT2D eigenvalue weighted by Crippen LogP contribution is -2.61. The molecule has 0 saturated carbocycles. The maximum Gasteiger partial charge on any atom is 0.329 e. The van der Waals surface area contributed by atoms with E-state index in [0.717, 1.165) is 23.6 Å². The maximum atomic E-state index is 10.5. The summed E-state index contributed by atoms with van der Waals surface area (Å²) in [7, 11) is 3.25. The van der Waals surface area contributed by atoms with Gasteiger partial charge in [0.05, 0.1) is 19.8 Å². The van der Waals surface area contributed by atoms with Crippen LogP contribution in [0.15, 0.2) is 18.2 Å². The van der Waals surface area contributed by atoms with E-state index in [4.69, 9.17) is 19.3 Å². The molecule has 1 aromatic carbocycles. The molecular formula is C15H21NO5. The fraction of sp³-hybridized carbons (Fsp3) is 0.533. The first-order valence-electron chi connectivity index (χ1n) is 6.75. The third-order valence-corrected chi connectivity index (χ3v) is 3.55. The first-order valence-corrected chi connectivity index (χ1v) is 6.75. The Balaban J connectivity index is 1.91. The minimum atomic E-state index is -0.938. The average molecular weight is 295 g/mol. The monoisotopic (exact) mass is 295 g/mol. The van der Waals surface area contributed by atoms with Crippen LogP contribution in [0, 0.1) is 0 Å². The Bertz CT molecular complexity index is 511. The number of hydrogen-bond donors (Lipinski definition) is 1. The Morgan fingerprint density at radius 2 is 2.05 bits per heavy atom. The van der Waals surface area contributed by atoms with Crippen LogP contribution >= 0.6 is 0 Å². The molecule has 1 saturated heterocycles. The zero-order chi connectivity index (χ0) is 15.5. The van der Waals surface area contributed by atoms with Crippen molar-refractivity contribution in [3.63, 3.8) is 0 Å². The number of rotatable bonds is 7. The maximum absolute atomic E-state index is 10.5. The molecule has 6 nitrogen and oxygen atoms in total. The molecule has 0 amide bonds. The topological polar surface area (TPSA) is 68.2 Å². The number of carboxylic acid groups (broad SMARTS) is 1. The SMILES string of the molecule is COc1ccc(CN2CC(C)(OCC(=O)O)C2)c(OC)c1. The van der Waals surface area contributed by atoms with Gasteiger partial charge < -0.3 is 19.3 Å². The third kappa shape index (κ3) is 3.86. The van der Waals surface area contributed by atoms with Gasteiger partial charge in [-0.3, -0.25) is 4.90 Å². The van der Waals surface area contributed by atoms with E-state index < -0.39 is 5.97 Å². The number of nitrogens with zero attached hydrogens (tertiary/aromatic N) is 1. The van der Waals surface area contributed by atoms with Crippen LogP contribution in [0.1, 0.15) is 12.5 Å². The molecule has 0 spiro atoms. The highest BCUT2D eigenvalue weighted by atomic mass is 16.5. The Morgan fingerprint density at radius 3 is 2.62 bits per heavy atom. The van der Waals surface area contributed by atoms with Crippen LogP contribution in [0.25, 0.3) is 0 Å². The molecule has 0 unspecified atom stereocenters. The summed E-state index contributed by atoms with van der Waals surface area (Å²) in [5, 5.41) is 8.65. The van der Waals surface area contributed by atoms with Crippen molar-refractivity contribution in [3.8, 4) is 11.5 Å². The van der Waals surface area contributed by atoms with Crippen molar-refractivity contribution in [2.45, 2.75) is 19.1 Å². The lowest BCUT2D eigenvalue weighted by Gasteiger charge is -2.47. The van der Waals surface area contributed by atoms with E-state index in [1.807, 2.05) is 25.1 Å². The number of carboxylic acids is 1. The first-order chi connectivity index (χ1) is 9.95. The molecule has 1 aliphatic rings. The molecular weight excluding hydrogens is 274 g/mol. The zero-order valence-electron chi connectivity index (χ0n) is 12.6. The number of benzene rings is 1. The van der Waals surface area contributed by atoms with Crippen LogP contribution in [0.3, 0.4) is 0 Å². The van der Waals surface area contributed by atoms with Crippen molar-refractivity contribution in [2.24, 2.45) is 0 Å². The number of hydrogen-bond acceptors (Lipinski definition) is 5. The van der Waals surface area contributed by atoms with Gasteiger partial charge >= 0.3 is 5.97 Å². The van der Waals surface area contributed by atoms with Gasteiger partial charge in [-0.2, -0.15) is 0 Å². The van der Waals surface area contributed by atoms with Crippen molar-refractivity contribution in [2.75, 3.05) is 33.9 Å². The Morgan fingerprint density at radius 1 is 1.33 bits per heavy atom. The fourth-order valence-electron chi connectivity index (χ4n) is 2.56. The summed E-state index contributed by atoms with van der Waals surface area (Å²) >= 11 is 0. The smallest absolute Gasteiger partial charge is 0.329 e. The van der Waals surface area contributed by atoms with E-state index in [1.165, 1.54) is 0 Å². The highest BCUT2D eigenvalue weighted by Crippen LogP contribution is 2.30. The second-order valence-corrected chi connectivity index (χ2v) is 5.46. The first kappa shape index (κ1) is 15.6. The van der Waals surface area contributed by atoms with Crippen molar-refractivity contribution < 1.29 is 24.1 Å². The molecule has 1 heterocycles. The highest BCUT2D eigenvalue weighted by molar-refractivity contribution is 5.68. The van der Waals surface area contributed by atoms with Crippen molar-refractivity contribution >= 4 is 5.97 Å². The van der Waals surface area contributed by atoms with Gasteiger partial charge in [-0.05, 0) is 13.0 Å². The lowest BCUT2D eigenvalue weighted by molar-refractivity contribution is -0.165. The van der Waals surface area contributed by atoms with Gasteiger partial charge in [-0.15, -0.1) is 0 Å². The van der Waals surface area contributed by atoms with Gasteiger partial charge in [0.15, 0.2) is 0 Å². The summed E-state index contributed by atoms with van der Waals surface area (Å²) in [6.45, 7) is 3.82. The van der Waals surface area contributed by atoms with Crippen LogP contribution in [0.2, 0.25) is 0 Å². The molecule has 0 radical (unpaired) electrons. The molecule has 0 aliphatic carbocycles. The van der Waals surface area contributed by atoms with Crippen molar-refractivity contribution in [1.82, 2.24) is 4.90 Å².